The molecule has 2 rings (SSSR count). The Morgan fingerprint density at radius 1 is 1.20 bits per heavy atom. The van der Waals surface area contributed by atoms with Gasteiger partial charge in [0, 0.05) is 6.07 Å². The summed E-state index contributed by atoms with van der Waals surface area (Å²) in [6, 6.07) is 8.95. The van der Waals surface area contributed by atoms with Crippen LogP contribution < -0.4 is 4.74 Å². The minimum atomic E-state index is -0.593. The van der Waals surface area contributed by atoms with E-state index >= 15 is 0 Å². The van der Waals surface area contributed by atoms with E-state index in [0.29, 0.717) is 11.3 Å². The fourth-order valence-electron chi connectivity index (χ4n) is 1.88. The fraction of sp³-hybridized carbons (Fsp3) is 0.200. The summed E-state index contributed by atoms with van der Waals surface area (Å²) in [6.07, 6.45) is 0.284. The van der Waals surface area contributed by atoms with Crippen molar-refractivity contribution in [2.24, 2.45) is 0 Å². The summed E-state index contributed by atoms with van der Waals surface area (Å²) < 4.78 is 32.4. The summed E-state index contributed by atoms with van der Waals surface area (Å²) in [7, 11) is 1.58. The van der Waals surface area contributed by atoms with Gasteiger partial charge in [0.05, 0.1) is 17.0 Å². The molecule has 0 fully saturated rings. The maximum atomic E-state index is 13.6. The summed E-state index contributed by atoms with van der Waals surface area (Å²) in [5.74, 6) is -0.474. The Bertz CT molecular complexity index is 619. The van der Waals surface area contributed by atoms with E-state index in [0.717, 1.165) is 16.1 Å². The van der Waals surface area contributed by atoms with Crippen molar-refractivity contribution in [2.45, 2.75) is 11.8 Å². The van der Waals surface area contributed by atoms with Gasteiger partial charge in [0.25, 0.3) is 0 Å². The van der Waals surface area contributed by atoms with Crippen LogP contribution in [0.3, 0.4) is 0 Å². The first-order valence-corrected chi connectivity index (χ1v) is 7.15. The quantitative estimate of drug-likeness (QED) is 0.675. The second-order valence-corrected chi connectivity index (χ2v) is 5.68. The number of methoxy groups -OCH3 is 1. The molecular formula is C15H12BrClF2O. The monoisotopic (exact) mass is 360 g/mol. The molecule has 0 radical (unpaired) electrons. The van der Waals surface area contributed by atoms with Crippen molar-refractivity contribution >= 4 is 27.5 Å². The molecule has 5 heteroatoms. The Balaban J connectivity index is 2.19. The molecule has 1 atom stereocenters. The number of rotatable bonds is 4. The van der Waals surface area contributed by atoms with E-state index in [9.17, 15) is 8.78 Å². The molecule has 0 saturated heterocycles. The highest BCUT2D eigenvalue weighted by molar-refractivity contribution is 9.10. The van der Waals surface area contributed by atoms with Crippen molar-refractivity contribution in [3.63, 3.8) is 0 Å². The van der Waals surface area contributed by atoms with Crippen molar-refractivity contribution in [2.75, 3.05) is 7.11 Å². The first-order chi connectivity index (χ1) is 9.51. The van der Waals surface area contributed by atoms with Crippen LogP contribution in [0.4, 0.5) is 8.78 Å². The van der Waals surface area contributed by atoms with Crippen LogP contribution in [-0.4, -0.2) is 7.11 Å². The van der Waals surface area contributed by atoms with Crippen molar-refractivity contribution in [3.8, 4) is 5.75 Å². The normalized spacial score (nSPS) is 12.2. The van der Waals surface area contributed by atoms with Crippen LogP contribution in [0.1, 0.15) is 16.5 Å². The topological polar surface area (TPSA) is 9.23 Å². The molecule has 106 valence electrons. The van der Waals surface area contributed by atoms with Crippen molar-refractivity contribution in [3.05, 3.63) is 63.6 Å². The van der Waals surface area contributed by atoms with Crippen molar-refractivity contribution in [1.82, 2.24) is 0 Å². The van der Waals surface area contributed by atoms with Crippen LogP contribution in [0.25, 0.3) is 0 Å². The minimum absolute atomic E-state index is 0.284. The first-order valence-electron chi connectivity index (χ1n) is 5.92. The maximum absolute atomic E-state index is 13.6. The molecule has 0 heterocycles. The number of halogens is 4. The molecule has 0 aliphatic rings. The van der Waals surface area contributed by atoms with E-state index in [1.54, 1.807) is 13.2 Å². The minimum Gasteiger partial charge on any atom is -0.496 e. The Labute approximate surface area is 129 Å². The van der Waals surface area contributed by atoms with Crippen LogP contribution in [0.2, 0.25) is 0 Å². The summed E-state index contributed by atoms with van der Waals surface area (Å²) >= 11 is 9.68. The SMILES string of the molecule is COc1ccc(C(Cl)Cc2ccc(F)cc2F)cc1Br. The van der Waals surface area contributed by atoms with E-state index in [1.165, 1.54) is 12.1 Å². The van der Waals surface area contributed by atoms with Crippen molar-refractivity contribution < 1.29 is 13.5 Å². The van der Waals surface area contributed by atoms with Crippen molar-refractivity contribution in [1.29, 1.82) is 0 Å². The molecule has 0 saturated carbocycles. The zero-order valence-electron chi connectivity index (χ0n) is 10.7. The Hall–Kier alpha value is -1.13. The van der Waals surface area contributed by atoms with E-state index < -0.39 is 17.0 Å². The van der Waals surface area contributed by atoms with Gasteiger partial charge in [-0.25, -0.2) is 8.78 Å². The second kappa shape index (κ2) is 6.55. The molecule has 2 aromatic carbocycles. The smallest absolute Gasteiger partial charge is 0.133 e. The predicted molar refractivity (Wildman–Crippen MR) is 79.4 cm³/mol. The average molecular weight is 362 g/mol. The molecule has 0 amide bonds. The lowest BCUT2D eigenvalue weighted by molar-refractivity contribution is 0.412. The molecule has 0 aliphatic carbocycles. The van der Waals surface area contributed by atoms with Gasteiger partial charge >= 0.3 is 0 Å². The van der Waals surface area contributed by atoms with Gasteiger partial charge in [-0.2, -0.15) is 0 Å². The lowest BCUT2D eigenvalue weighted by Crippen LogP contribution is -1.99. The molecule has 0 bridgehead atoms. The second-order valence-electron chi connectivity index (χ2n) is 4.30. The fourth-order valence-corrected chi connectivity index (χ4v) is 2.74. The van der Waals surface area contributed by atoms with Crippen LogP contribution >= 0.6 is 27.5 Å². The lowest BCUT2D eigenvalue weighted by Gasteiger charge is -2.12. The number of benzene rings is 2. The van der Waals surface area contributed by atoms with Crippen LogP contribution in [0, 0.1) is 11.6 Å². The third-order valence-electron chi connectivity index (χ3n) is 2.95. The summed E-state index contributed by atoms with van der Waals surface area (Å²) in [5, 5.41) is -0.405. The zero-order valence-corrected chi connectivity index (χ0v) is 13.0. The van der Waals surface area contributed by atoms with Crippen LogP contribution in [0.5, 0.6) is 5.75 Å². The molecule has 2 aromatic rings. The molecule has 20 heavy (non-hydrogen) atoms. The van der Waals surface area contributed by atoms with Gasteiger partial charge in [0.2, 0.25) is 0 Å². The van der Waals surface area contributed by atoms with E-state index in [-0.39, 0.29) is 6.42 Å². The van der Waals surface area contributed by atoms with Gasteiger partial charge in [-0.15, -0.1) is 11.6 Å². The number of hydrogen-bond donors (Lipinski definition) is 0. The molecular weight excluding hydrogens is 350 g/mol. The van der Waals surface area contributed by atoms with Gasteiger partial charge in [-0.3, -0.25) is 0 Å². The standard InChI is InChI=1S/C15H12BrClF2O/c1-20-15-5-3-9(6-12(15)16)13(17)7-10-2-4-11(18)8-14(10)19/h2-6,8,13H,7H2,1H3. The number of alkyl halides is 1. The van der Waals surface area contributed by atoms with E-state index in [2.05, 4.69) is 15.9 Å². The summed E-state index contributed by atoms with van der Waals surface area (Å²) in [5.41, 5.74) is 1.22. The van der Waals surface area contributed by atoms with Gasteiger partial charge in [-0.1, -0.05) is 12.1 Å². The summed E-state index contributed by atoms with van der Waals surface area (Å²) in [4.78, 5) is 0. The van der Waals surface area contributed by atoms with E-state index in [1.807, 2.05) is 12.1 Å². The zero-order chi connectivity index (χ0) is 14.7. The molecule has 0 N–H and O–H groups in total. The largest absolute Gasteiger partial charge is 0.496 e. The molecule has 1 unspecified atom stereocenters. The summed E-state index contributed by atoms with van der Waals surface area (Å²) in [6.45, 7) is 0. The van der Waals surface area contributed by atoms with Gasteiger partial charge < -0.3 is 4.74 Å². The third-order valence-corrected chi connectivity index (χ3v) is 3.98. The highest BCUT2D eigenvalue weighted by Gasteiger charge is 2.14. The van der Waals surface area contributed by atoms with E-state index in [4.69, 9.17) is 16.3 Å². The number of ether oxygens (including phenoxy) is 1. The lowest BCUT2D eigenvalue weighted by atomic mass is 10.0. The predicted octanol–water partition coefficient (Wildman–Crippen LogP) is 5.26. The maximum Gasteiger partial charge on any atom is 0.133 e. The first kappa shape index (κ1) is 15.3. The van der Waals surface area contributed by atoms with Gasteiger partial charge in [0.15, 0.2) is 0 Å². The third kappa shape index (κ3) is 3.49. The molecule has 0 aromatic heterocycles. The van der Waals surface area contributed by atoms with Crippen LogP contribution in [0.15, 0.2) is 40.9 Å². The van der Waals surface area contributed by atoms with Gasteiger partial charge in [-0.05, 0) is 51.7 Å². The highest BCUT2D eigenvalue weighted by atomic mass is 79.9. The highest BCUT2D eigenvalue weighted by Crippen LogP contribution is 2.32. The molecule has 0 aliphatic heterocycles. The average Bonchev–Trinajstić information content (AvgIpc) is 2.41. The Morgan fingerprint density at radius 2 is 1.95 bits per heavy atom. The Morgan fingerprint density at radius 3 is 2.55 bits per heavy atom. The van der Waals surface area contributed by atoms with Crippen LogP contribution in [-0.2, 0) is 6.42 Å². The Kier molecular flexibility index (Phi) is 5.00. The molecule has 1 nitrogen and oxygen atoms in total. The van der Waals surface area contributed by atoms with Gasteiger partial charge in [0.1, 0.15) is 17.4 Å². The molecule has 0 spiro atoms. The number of hydrogen-bond acceptors (Lipinski definition) is 1.